The first-order valence-electron chi connectivity index (χ1n) is 5.21. The van der Waals surface area contributed by atoms with Crippen molar-refractivity contribution in [3.63, 3.8) is 0 Å². The molecule has 0 aliphatic heterocycles. The molecule has 9 heteroatoms. The molecule has 1 aromatic rings. The van der Waals surface area contributed by atoms with Crippen LogP contribution in [-0.2, 0) is 4.79 Å². The molecule has 19 heavy (non-hydrogen) atoms. The molecule has 0 saturated carbocycles. The van der Waals surface area contributed by atoms with Crippen LogP contribution in [0.4, 0.5) is 5.69 Å². The average molecular weight is 397 g/mol. The number of amides is 1. The fourth-order valence-electron chi connectivity index (χ4n) is 1.27. The Morgan fingerprint density at radius 3 is 2.47 bits per heavy atom. The zero-order valence-electron chi connectivity index (χ0n) is 9.69. The van der Waals surface area contributed by atoms with Crippen LogP contribution in [0.2, 0.25) is 0 Å². The smallest absolute Gasteiger partial charge is 0.271 e. The SMILES string of the molecule is NNC(=O)CCCOc1c(Br)cc([N+](=O)[O-])cc1Br. The number of carbonyl (C=O) groups is 1. The van der Waals surface area contributed by atoms with Gasteiger partial charge in [0.1, 0.15) is 5.75 Å². The Hall–Kier alpha value is -1.19. The van der Waals surface area contributed by atoms with Gasteiger partial charge in [0, 0.05) is 18.6 Å². The third kappa shape index (κ3) is 4.77. The Morgan fingerprint density at radius 1 is 1.42 bits per heavy atom. The molecular formula is C10H11Br2N3O4. The first kappa shape index (κ1) is 15.9. The van der Waals surface area contributed by atoms with E-state index in [2.05, 4.69) is 31.9 Å². The molecule has 0 radical (unpaired) electrons. The number of benzene rings is 1. The highest BCUT2D eigenvalue weighted by atomic mass is 79.9. The number of nitrogens with two attached hydrogens (primary N) is 1. The van der Waals surface area contributed by atoms with E-state index in [0.717, 1.165) is 0 Å². The fraction of sp³-hybridized carbons (Fsp3) is 0.300. The van der Waals surface area contributed by atoms with E-state index in [1.807, 2.05) is 5.43 Å². The number of carbonyl (C=O) groups excluding carboxylic acids is 1. The molecule has 0 fully saturated rings. The highest BCUT2D eigenvalue weighted by Gasteiger charge is 2.15. The summed E-state index contributed by atoms with van der Waals surface area (Å²) in [5, 5.41) is 10.7. The van der Waals surface area contributed by atoms with E-state index in [1.54, 1.807) is 0 Å². The number of ether oxygens (including phenoxy) is 1. The van der Waals surface area contributed by atoms with Crippen LogP contribution in [-0.4, -0.2) is 17.4 Å². The number of hydrogen-bond acceptors (Lipinski definition) is 5. The highest BCUT2D eigenvalue weighted by molar-refractivity contribution is 9.11. The second-order valence-corrected chi connectivity index (χ2v) is 5.22. The van der Waals surface area contributed by atoms with Crippen LogP contribution in [0.15, 0.2) is 21.1 Å². The number of rotatable bonds is 6. The molecule has 1 aromatic carbocycles. The summed E-state index contributed by atoms with van der Waals surface area (Å²) in [5.41, 5.74) is 1.97. The zero-order chi connectivity index (χ0) is 14.4. The van der Waals surface area contributed by atoms with Gasteiger partial charge in [0.05, 0.1) is 20.5 Å². The third-order valence-electron chi connectivity index (χ3n) is 2.15. The van der Waals surface area contributed by atoms with Crippen LogP contribution in [0.25, 0.3) is 0 Å². The van der Waals surface area contributed by atoms with E-state index < -0.39 is 4.92 Å². The van der Waals surface area contributed by atoms with Gasteiger partial charge < -0.3 is 4.74 Å². The summed E-state index contributed by atoms with van der Waals surface area (Å²) >= 11 is 6.40. The van der Waals surface area contributed by atoms with Crippen LogP contribution in [0.1, 0.15) is 12.8 Å². The van der Waals surface area contributed by atoms with Gasteiger partial charge in [-0.05, 0) is 38.3 Å². The van der Waals surface area contributed by atoms with Gasteiger partial charge in [0.25, 0.3) is 5.69 Å². The Balaban J connectivity index is 2.64. The maximum absolute atomic E-state index is 10.9. The predicted molar refractivity (Wildman–Crippen MR) is 75.6 cm³/mol. The van der Waals surface area contributed by atoms with Gasteiger partial charge in [-0.3, -0.25) is 20.3 Å². The number of nitrogens with zero attached hydrogens (tertiary/aromatic N) is 1. The van der Waals surface area contributed by atoms with E-state index in [4.69, 9.17) is 10.6 Å². The van der Waals surface area contributed by atoms with E-state index in [9.17, 15) is 14.9 Å². The summed E-state index contributed by atoms with van der Waals surface area (Å²) in [6, 6.07) is 2.71. The lowest BCUT2D eigenvalue weighted by molar-refractivity contribution is -0.385. The topological polar surface area (TPSA) is 107 Å². The minimum Gasteiger partial charge on any atom is -0.491 e. The molecule has 1 amide bonds. The first-order chi connectivity index (χ1) is 8.95. The number of halogens is 2. The highest BCUT2D eigenvalue weighted by Crippen LogP contribution is 2.37. The normalized spacial score (nSPS) is 10.1. The second kappa shape index (κ2) is 7.41. The van der Waals surface area contributed by atoms with E-state index in [0.29, 0.717) is 27.7 Å². The van der Waals surface area contributed by atoms with Gasteiger partial charge in [0.2, 0.25) is 5.91 Å². The number of hydrogen-bond donors (Lipinski definition) is 2. The van der Waals surface area contributed by atoms with Crippen molar-refractivity contribution in [2.75, 3.05) is 6.61 Å². The molecule has 7 nitrogen and oxygen atoms in total. The Bertz CT molecular complexity index is 473. The number of non-ortho nitro benzene ring substituents is 1. The minimum atomic E-state index is -0.495. The van der Waals surface area contributed by atoms with Crippen molar-refractivity contribution in [1.82, 2.24) is 5.43 Å². The molecule has 0 spiro atoms. The van der Waals surface area contributed by atoms with Gasteiger partial charge in [0.15, 0.2) is 0 Å². The van der Waals surface area contributed by atoms with Crippen molar-refractivity contribution < 1.29 is 14.5 Å². The largest absolute Gasteiger partial charge is 0.491 e. The predicted octanol–water partition coefficient (Wildman–Crippen LogP) is 2.27. The summed E-state index contributed by atoms with van der Waals surface area (Å²) in [6.45, 7) is 0.294. The number of nitrogens with one attached hydrogen (secondary N) is 1. The molecule has 0 aromatic heterocycles. The van der Waals surface area contributed by atoms with Gasteiger partial charge in [-0.15, -0.1) is 0 Å². The van der Waals surface area contributed by atoms with Crippen LogP contribution >= 0.6 is 31.9 Å². The van der Waals surface area contributed by atoms with E-state index >= 15 is 0 Å². The first-order valence-corrected chi connectivity index (χ1v) is 6.80. The maximum Gasteiger partial charge on any atom is 0.271 e. The molecule has 0 atom stereocenters. The standard InChI is InChI=1S/C10H11Br2N3O4/c11-7-4-6(15(17)18)5-8(12)10(7)19-3-1-2-9(16)14-13/h4-5H,1-3,13H2,(H,14,16). The van der Waals surface area contributed by atoms with Crippen LogP contribution < -0.4 is 16.0 Å². The van der Waals surface area contributed by atoms with Crippen LogP contribution in [0.3, 0.4) is 0 Å². The molecule has 0 heterocycles. The summed E-state index contributed by atoms with van der Waals surface area (Å²) in [5.74, 6) is 5.12. The average Bonchev–Trinajstić information content (AvgIpc) is 2.36. The Morgan fingerprint density at radius 2 is 2.00 bits per heavy atom. The third-order valence-corrected chi connectivity index (χ3v) is 3.33. The summed E-state index contributed by atoms with van der Waals surface area (Å²) in [6.07, 6.45) is 0.734. The molecule has 0 saturated heterocycles. The number of nitro benzene ring substituents is 1. The van der Waals surface area contributed by atoms with Crippen molar-refractivity contribution in [2.24, 2.45) is 5.84 Å². The second-order valence-electron chi connectivity index (χ2n) is 3.52. The van der Waals surface area contributed by atoms with Gasteiger partial charge in [-0.2, -0.15) is 0 Å². The van der Waals surface area contributed by atoms with Crippen molar-refractivity contribution in [1.29, 1.82) is 0 Å². The maximum atomic E-state index is 10.9. The number of nitro groups is 1. The molecule has 0 aliphatic rings. The molecule has 0 aliphatic carbocycles. The number of hydrazine groups is 1. The van der Waals surface area contributed by atoms with Gasteiger partial charge in [-0.25, -0.2) is 5.84 Å². The van der Waals surface area contributed by atoms with Crippen molar-refractivity contribution in [3.8, 4) is 5.75 Å². The summed E-state index contributed by atoms with van der Waals surface area (Å²) < 4.78 is 6.40. The zero-order valence-corrected chi connectivity index (χ0v) is 12.9. The molecule has 3 N–H and O–H groups in total. The lowest BCUT2D eigenvalue weighted by atomic mass is 10.3. The van der Waals surface area contributed by atoms with E-state index in [1.165, 1.54) is 12.1 Å². The molecular weight excluding hydrogens is 386 g/mol. The Kier molecular flexibility index (Phi) is 6.19. The molecule has 104 valence electrons. The minimum absolute atomic E-state index is 0.0476. The van der Waals surface area contributed by atoms with Crippen LogP contribution in [0.5, 0.6) is 5.75 Å². The quantitative estimate of drug-likeness (QED) is 0.252. The van der Waals surface area contributed by atoms with E-state index in [-0.39, 0.29) is 18.0 Å². The molecule has 0 unspecified atom stereocenters. The lowest BCUT2D eigenvalue weighted by Crippen LogP contribution is -2.29. The van der Waals surface area contributed by atoms with Crippen molar-refractivity contribution in [3.05, 3.63) is 31.2 Å². The van der Waals surface area contributed by atoms with Gasteiger partial charge in [-0.1, -0.05) is 0 Å². The van der Waals surface area contributed by atoms with Gasteiger partial charge >= 0.3 is 0 Å². The summed E-state index contributed by atoms with van der Waals surface area (Å²) in [4.78, 5) is 21.0. The van der Waals surface area contributed by atoms with Crippen molar-refractivity contribution >= 4 is 43.5 Å². The molecule has 0 bridgehead atoms. The Labute approximate surface area is 125 Å². The van der Waals surface area contributed by atoms with Crippen molar-refractivity contribution in [2.45, 2.75) is 12.8 Å². The molecule has 1 rings (SSSR count). The summed E-state index contributed by atoms with van der Waals surface area (Å²) in [7, 11) is 0. The lowest BCUT2D eigenvalue weighted by Gasteiger charge is -2.09. The monoisotopic (exact) mass is 395 g/mol. The van der Waals surface area contributed by atoms with Crippen LogP contribution in [0, 0.1) is 10.1 Å². The fourth-order valence-corrected chi connectivity index (χ4v) is 2.66.